The van der Waals surface area contributed by atoms with E-state index >= 15 is 0 Å². The molecular formula is C25H30N4O6S2. The van der Waals surface area contributed by atoms with Gasteiger partial charge < -0.3 is 10.6 Å². The van der Waals surface area contributed by atoms with Gasteiger partial charge in [-0.25, -0.2) is 13.1 Å². The van der Waals surface area contributed by atoms with Gasteiger partial charge in [-0.2, -0.15) is 0 Å². The Hall–Kier alpha value is -3.35. The van der Waals surface area contributed by atoms with E-state index in [-0.39, 0.29) is 42.8 Å². The van der Waals surface area contributed by atoms with Crippen LogP contribution in [0.25, 0.3) is 10.1 Å². The van der Waals surface area contributed by atoms with E-state index in [1.807, 2.05) is 38.1 Å². The number of nitro groups is 1. The highest BCUT2D eigenvalue weighted by Crippen LogP contribution is 2.27. The summed E-state index contributed by atoms with van der Waals surface area (Å²) in [6, 6.07) is 12.8. The molecule has 0 aliphatic carbocycles. The van der Waals surface area contributed by atoms with Crippen molar-refractivity contribution in [3.63, 3.8) is 0 Å². The Balaban J connectivity index is 1.55. The summed E-state index contributed by atoms with van der Waals surface area (Å²) in [7, 11) is -4.11. The number of nitrogens with zero attached hydrogens (tertiary/aromatic N) is 1. The lowest BCUT2D eigenvalue weighted by Gasteiger charge is -2.20. The van der Waals surface area contributed by atoms with E-state index in [2.05, 4.69) is 15.4 Å². The van der Waals surface area contributed by atoms with E-state index in [1.165, 1.54) is 36.5 Å². The number of hydrogen-bond acceptors (Lipinski definition) is 7. The predicted octanol–water partition coefficient (Wildman–Crippen LogP) is 3.75. The van der Waals surface area contributed by atoms with Gasteiger partial charge in [-0.3, -0.25) is 19.7 Å². The van der Waals surface area contributed by atoms with Gasteiger partial charge in [0.25, 0.3) is 11.6 Å². The fourth-order valence-corrected chi connectivity index (χ4v) is 6.10. The minimum atomic E-state index is -4.11. The van der Waals surface area contributed by atoms with Crippen LogP contribution in [-0.2, 0) is 14.8 Å². The molecule has 3 aromatic rings. The quantitative estimate of drug-likeness (QED) is 0.179. The number of hydrogen-bond donors (Lipinski definition) is 3. The average Bonchev–Trinajstić information content (AvgIpc) is 3.27. The third-order valence-electron chi connectivity index (χ3n) is 5.60. The maximum absolute atomic E-state index is 12.8. The van der Waals surface area contributed by atoms with E-state index in [0.717, 1.165) is 10.1 Å². The van der Waals surface area contributed by atoms with Crippen LogP contribution in [0.4, 0.5) is 5.69 Å². The molecule has 0 saturated carbocycles. The van der Waals surface area contributed by atoms with Gasteiger partial charge in [0.1, 0.15) is 6.04 Å². The fourth-order valence-electron chi connectivity index (χ4n) is 3.82. The van der Waals surface area contributed by atoms with Gasteiger partial charge in [-0.1, -0.05) is 44.2 Å². The van der Waals surface area contributed by atoms with Crippen LogP contribution in [0.2, 0.25) is 0 Å². The Labute approximate surface area is 219 Å². The summed E-state index contributed by atoms with van der Waals surface area (Å²) in [6.45, 7) is 5.50. The molecule has 0 aliphatic rings. The second-order valence-electron chi connectivity index (χ2n) is 9.03. The van der Waals surface area contributed by atoms with Crippen LogP contribution in [0.5, 0.6) is 0 Å². The van der Waals surface area contributed by atoms with E-state index in [4.69, 9.17) is 0 Å². The Morgan fingerprint density at radius 3 is 2.49 bits per heavy atom. The van der Waals surface area contributed by atoms with Gasteiger partial charge in [0.2, 0.25) is 15.9 Å². The molecule has 2 amide bonds. The third-order valence-corrected chi connectivity index (χ3v) is 8.20. The van der Waals surface area contributed by atoms with Crippen molar-refractivity contribution < 1.29 is 22.9 Å². The Morgan fingerprint density at radius 1 is 1.08 bits per heavy atom. The molecule has 37 heavy (non-hydrogen) atoms. The fraction of sp³-hybridized carbons (Fsp3) is 0.360. The van der Waals surface area contributed by atoms with Crippen LogP contribution in [0.1, 0.15) is 41.9 Å². The van der Waals surface area contributed by atoms with Gasteiger partial charge >= 0.3 is 0 Å². The number of para-hydroxylation sites is 1. The number of benzene rings is 2. The zero-order chi connectivity index (χ0) is 27.2. The van der Waals surface area contributed by atoms with E-state index in [0.29, 0.717) is 11.3 Å². The number of rotatable bonds is 12. The molecule has 3 rings (SSSR count). The third kappa shape index (κ3) is 7.34. The molecule has 3 N–H and O–H groups in total. The molecule has 1 aromatic heterocycles. The van der Waals surface area contributed by atoms with E-state index in [1.54, 1.807) is 6.07 Å². The topological polar surface area (TPSA) is 148 Å². The maximum Gasteiger partial charge on any atom is 0.292 e. The number of carbonyl (C=O) groups is 2. The van der Waals surface area contributed by atoms with Crippen LogP contribution >= 0.6 is 11.3 Å². The molecule has 0 aliphatic heterocycles. The highest BCUT2D eigenvalue weighted by atomic mass is 32.2. The minimum absolute atomic E-state index is 0.0311. The first-order chi connectivity index (χ1) is 17.5. The lowest BCUT2D eigenvalue weighted by Crippen LogP contribution is -2.47. The van der Waals surface area contributed by atoms with Crippen molar-refractivity contribution in [1.29, 1.82) is 0 Å². The lowest BCUT2D eigenvalue weighted by molar-refractivity contribution is -0.388. The van der Waals surface area contributed by atoms with Crippen molar-refractivity contribution >= 4 is 48.9 Å². The van der Waals surface area contributed by atoms with E-state index in [9.17, 15) is 28.1 Å². The van der Waals surface area contributed by atoms with Gasteiger partial charge in [-0.05, 0) is 49.3 Å². The maximum atomic E-state index is 12.8. The summed E-state index contributed by atoms with van der Waals surface area (Å²) in [5, 5.41) is 17.9. The molecule has 0 spiro atoms. The molecule has 1 atom stereocenters. The molecule has 2 aromatic carbocycles. The van der Waals surface area contributed by atoms with Crippen LogP contribution < -0.4 is 15.4 Å². The van der Waals surface area contributed by atoms with Crippen molar-refractivity contribution in [2.24, 2.45) is 5.92 Å². The standard InChI is InChI=1S/C25H30N4O6S2/c1-16(2)14-19(28-25(31)21-15-18-9-4-5-10-20(18)36-21)24(30)26-12-7-13-27-37(34,35)22-11-6-8-17(3)23(22)29(32)33/h4-6,8-11,15-16,19,27H,7,12-14H2,1-3H3,(H,26,30)(H,28,31)/t19-/m0/s1. The smallest absolute Gasteiger partial charge is 0.292 e. The Kier molecular flexibility index (Phi) is 9.35. The number of aryl methyl sites for hydroxylation is 1. The number of nitro benzene ring substituents is 1. The summed E-state index contributed by atoms with van der Waals surface area (Å²) >= 11 is 1.36. The number of fused-ring (bicyclic) bond motifs is 1. The summed E-state index contributed by atoms with van der Waals surface area (Å²) in [4.78, 5) is 36.4. The number of nitrogens with one attached hydrogen (secondary N) is 3. The molecule has 0 unspecified atom stereocenters. The van der Waals surface area contributed by atoms with Gasteiger partial charge in [0, 0.05) is 23.4 Å². The zero-order valence-electron chi connectivity index (χ0n) is 20.8. The predicted molar refractivity (Wildman–Crippen MR) is 143 cm³/mol. The number of thiophene rings is 1. The molecule has 10 nitrogen and oxygen atoms in total. The highest BCUT2D eigenvalue weighted by Gasteiger charge is 2.27. The molecule has 0 radical (unpaired) electrons. The Bertz CT molecular complexity index is 1370. The molecule has 0 bridgehead atoms. The molecule has 0 fully saturated rings. The van der Waals surface area contributed by atoms with Crippen LogP contribution in [0, 0.1) is 23.0 Å². The monoisotopic (exact) mass is 546 g/mol. The van der Waals surface area contributed by atoms with Crippen molar-refractivity contribution in [2.45, 2.75) is 44.6 Å². The van der Waals surface area contributed by atoms with Crippen molar-refractivity contribution in [2.75, 3.05) is 13.1 Å². The lowest BCUT2D eigenvalue weighted by atomic mass is 10.0. The van der Waals surface area contributed by atoms with Crippen LogP contribution in [-0.4, -0.2) is 44.3 Å². The highest BCUT2D eigenvalue weighted by molar-refractivity contribution is 7.89. The first-order valence-corrected chi connectivity index (χ1v) is 14.1. The molecular weight excluding hydrogens is 516 g/mol. The number of carbonyl (C=O) groups excluding carboxylic acids is 2. The molecule has 0 saturated heterocycles. The normalized spacial score (nSPS) is 12.4. The first kappa shape index (κ1) is 28.2. The number of amides is 2. The van der Waals surface area contributed by atoms with Gasteiger partial charge in [0.15, 0.2) is 4.90 Å². The zero-order valence-corrected chi connectivity index (χ0v) is 22.4. The summed E-state index contributed by atoms with van der Waals surface area (Å²) in [5.74, 6) is -0.537. The average molecular weight is 547 g/mol. The number of sulfonamides is 1. The summed E-state index contributed by atoms with van der Waals surface area (Å²) < 4.78 is 28.5. The summed E-state index contributed by atoms with van der Waals surface area (Å²) in [6.07, 6.45) is 0.690. The van der Waals surface area contributed by atoms with Crippen molar-refractivity contribution in [1.82, 2.24) is 15.4 Å². The summed E-state index contributed by atoms with van der Waals surface area (Å²) in [5.41, 5.74) is -0.219. The second kappa shape index (κ2) is 12.3. The minimum Gasteiger partial charge on any atom is -0.354 e. The largest absolute Gasteiger partial charge is 0.354 e. The molecule has 12 heteroatoms. The van der Waals surface area contributed by atoms with Crippen LogP contribution in [0.3, 0.4) is 0 Å². The van der Waals surface area contributed by atoms with Crippen LogP contribution in [0.15, 0.2) is 53.4 Å². The SMILES string of the molecule is Cc1cccc(S(=O)(=O)NCCCNC(=O)[C@H](CC(C)C)NC(=O)c2cc3ccccc3s2)c1[N+](=O)[O-]. The first-order valence-electron chi connectivity index (χ1n) is 11.8. The van der Waals surface area contributed by atoms with Crippen molar-refractivity contribution in [3.8, 4) is 0 Å². The molecule has 1 heterocycles. The van der Waals surface area contributed by atoms with Gasteiger partial charge in [-0.15, -0.1) is 11.3 Å². The van der Waals surface area contributed by atoms with E-state index < -0.39 is 31.6 Å². The molecule has 198 valence electrons. The second-order valence-corrected chi connectivity index (χ2v) is 11.8. The van der Waals surface area contributed by atoms with Gasteiger partial charge in [0.05, 0.1) is 9.80 Å². The Morgan fingerprint density at radius 2 is 1.81 bits per heavy atom. The van der Waals surface area contributed by atoms with Crippen molar-refractivity contribution in [3.05, 3.63) is 69.1 Å².